The Labute approximate surface area is 166 Å². The Bertz CT molecular complexity index is 589. The maximum Gasteiger partial charge on any atom is 0.350 e. The Morgan fingerprint density at radius 1 is 0.852 bits per heavy atom. The molecule has 0 unspecified atom stereocenters. The molecule has 0 aliphatic heterocycles. The fraction of sp³-hybridized carbons (Fsp3) is 0.647. The zero-order valence-corrected chi connectivity index (χ0v) is 18.9. The molecule has 0 amide bonds. The summed E-state index contributed by atoms with van der Waals surface area (Å²) in [6, 6.07) is 7.07. The van der Waals surface area contributed by atoms with Gasteiger partial charge in [-0.3, -0.25) is 9.13 Å². The number of aliphatic hydroxyl groups excluding tert-OH is 1. The summed E-state index contributed by atoms with van der Waals surface area (Å²) in [5.41, 5.74) is 0.499. The number of hydrogen-bond acceptors (Lipinski definition) is 8. The molecule has 1 N–H and O–H groups in total. The zero-order chi connectivity index (χ0) is 20.3. The van der Waals surface area contributed by atoms with E-state index in [9.17, 15) is 9.13 Å². The molecular weight excluding hydrogens is 410 g/mol. The van der Waals surface area contributed by atoms with E-state index in [-0.39, 0.29) is 33.0 Å². The molecule has 1 aromatic rings. The quantitative estimate of drug-likeness (QED) is 0.308. The van der Waals surface area contributed by atoms with E-state index in [4.69, 9.17) is 23.2 Å². The Morgan fingerprint density at radius 2 is 1.26 bits per heavy atom. The molecule has 0 atom stereocenters. The van der Waals surface area contributed by atoms with Gasteiger partial charge >= 0.3 is 15.2 Å². The van der Waals surface area contributed by atoms with Crippen molar-refractivity contribution in [2.75, 3.05) is 38.8 Å². The topological polar surface area (TPSA) is 91.3 Å². The molecule has 0 bridgehead atoms. The van der Waals surface area contributed by atoms with Crippen LogP contribution in [0.2, 0.25) is 0 Å². The Hall–Kier alpha value is -0.170. The van der Waals surface area contributed by atoms with Crippen LogP contribution in [0.5, 0.6) is 0 Å². The molecule has 156 valence electrons. The average Bonchev–Trinajstić information content (AvgIpc) is 2.62. The van der Waals surface area contributed by atoms with Gasteiger partial charge in [-0.25, -0.2) is 0 Å². The highest BCUT2D eigenvalue weighted by molar-refractivity contribution is 7.99. The van der Waals surface area contributed by atoms with E-state index in [1.165, 1.54) is 11.8 Å². The van der Waals surface area contributed by atoms with E-state index in [0.717, 1.165) is 4.90 Å². The number of aliphatic hydroxyl groups is 1. The van der Waals surface area contributed by atoms with Gasteiger partial charge in [0.2, 0.25) is 0 Å². The first kappa shape index (κ1) is 24.9. The monoisotopic (exact) mass is 440 g/mol. The van der Waals surface area contributed by atoms with E-state index in [2.05, 4.69) is 0 Å². The van der Waals surface area contributed by atoms with E-state index >= 15 is 0 Å². The molecule has 27 heavy (non-hydrogen) atoms. The summed E-state index contributed by atoms with van der Waals surface area (Å²) in [4.78, 5) is 0.928. The maximum absolute atomic E-state index is 13.6. The van der Waals surface area contributed by atoms with Gasteiger partial charge in [0, 0.05) is 10.6 Å². The van der Waals surface area contributed by atoms with Crippen molar-refractivity contribution in [1.29, 1.82) is 0 Å². The smallest absolute Gasteiger partial charge is 0.350 e. The molecule has 0 heterocycles. The molecule has 0 saturated carbocycles. The van der Waals surface area contributed by atoms with Crippen LogP contribution in [0.1, 0.15) is 38.7 Å². The Kier molecular flexibility index (Phi) is 11.4. The molecule has 10 heteroatoms. The average molecular weight is 440 g/mol. The summed E-state index contributed by atoms with van der Waals surface area (Å²) < 4.78 is 49.0. The predicted octanol–water partition coefficient (Wildman–Crippen LogP) is 5.30. The minimum absolute atomic E-state index is 0.0722. The molecule has 0 radical (unpaired) electrons. The van der Waals surface area contributed by atoms with Gasteiger partial charge in [-0.15, -0.1) is 11.8 Å². The fourth-order valence-electron chi connectivity index (χ4n) is 2.51. The van der Waals surface area contributed by atoms with Gasteiger partial charge in [0.05, 0.1) is 33.0 Å². The molecular formula is C17H30O7P2S. The molecule has 7 nitrogen and oxygen atoms in total. The summed E-state index contributed by atoms with van der Waals surface area (Å²) in [6.07, 6.45) is 0. The first-order chi connectivity index (χ1) is 12.9. The van der Waals surface area contributed by atoms with Gasteiger partial charge in [0.15, 0.2) is 5.40 Å². The number of rotatable bonds is 14. The molecule has 1 rings (SSSR count). The molecule has 0 aromatic heterocycles. The highest BCUT2D eigenvalue weighted by Gasteiger charge is 2.51. The fourth-order valence-corrected chi connectivity index (χ4v) is 8.58. The standard InChI is InChI=1S/C17H30O7P2S/c1-5-21-25(19,22-6-2)17(26(20,23-7-3)24-8-4)15-9-11-16(12-10-15)27-14-13-18/h9-12,17-18H,5-8,13-14H2,1-4H3. The van der Waals surface area contributed by atoms with Crippen molar-refractivity contribution < 1.29 is 32.3 Å². The lowest BCUT2D eigenvalue weighted by molar-refractivity contribution is 0.195. The summed E-state index contributed by atoms with van der Waals surface area (Å²) in [7, 11) is -7.66. The second-order valence-corrected chi connectivity index (χ2v) is 11.1. The van der Waals surface area contributed by atoms with Crippen LogP contribution >= 0.6 is 27.0 Å². The van der Waals surface area contributed by atoms with Crippen LogP contribution in [0.25, 0.3) is 0 Å². The second-order valence-electron chi connectivity index (χ2n) is 5.27. The minimum Gasteiger partial charge on any atom is -0.396 e. The SMILES string of the molecule is CCOP(=O)(OCC)C(c1ccc(SCCO)cc1)P(=O)(OCC)OCC. The molecule has 0 spiro atoms. The summed E-state index contributed by atoms with van der Waals surface area (Å²) >= 11 is 1.48. The third-order valence-electron chi connectivity index (χ3n) is 3.37. The van der Waals surface area contributed by atoms with E-state index in [0.29, 0.717) is 11.3 Å². The van der Waals surface area contributed by atoms with Crippen molar-refractivity contribution in [1.82, 2.24) is 0 Å². The summed E-state index contributed by atoms with van der Waals surface area (Å²) in [6.45, 7) is 7.41. The lowest BCUT2D eigenvalue weighted by atomic mass is 10.2. The van der Waals surface area contributed by atoms with Crippen LogP contribution in [0.4, 0.5) is 0 Å². The van der Waals surface area contributed by atoms with Gasteiger partial charge in [0.1, 0.15) is 0 Å². The normalized spacial score (nSPS) is 12.7. The van der Waals surface area contributed by atoms with E-state index in [1.54, 1.807) is 39.8 Å². The zero-order valence-electron chi connectivity index (χ0n) is 16.3. The predicted molar refractivity (Wildman–Crippen MR) is 109 cm³/mol. The van der Waals surface area contributed by atoms with Crippen LogP contribution in [0, 0.1) is 0 Å². The van der Waals surface area contributed by atoms with E-state index < -0.39 is 20.6 Å². The molecule has 0 fully saturated rings. The van der Waals surface area contributed by atoms with Crippen LogP contribution < -0.4 is 0 Å². The van der Waals surface area contributed by atoms with Crippen molar-refractivity contribution in [2.24, 2.45) is 0 Å². The first-order valence-corrected chi connectivity index (χ1v) is 13.2. The molecule has 0 aliphatic rings. The van der Waals surface area contributed by atoms with Crippen molar-refractivity contribution in [3.05, 3.63) is 29.8 Å². The Morgan fingerprint density at radius 3 is 1.59 bits per heavy atom. The third-order valence-corrected chi connectivity index (χ3v) is 10.3. The molecule has 1 aromatic carbocycles. The van der Waals surface area contributed by atoms with Crippen LogP contribution in [-0.2, 0) is 27.2 Å². The van der Waals surface area contributed by atoms with E-state index in [1.807, 2.05) is 12.1 Å². The number of thioether (sulfide) groups is 1. The maximum atomic E-state index is 13.6. The van der Waals surface area contributed by atoms with Gasteiger partial charge in [0.25, 0.3) is 0 Å². The highest BCUT2D eigenvalue weighted by Crippen LogP contribution is 2.78. The molecule has 0 saturated heterocycles. The Balaban J connectivity index is 3.43. The summed E-state index contributed by atoms with van der Waals surface area (Å²) in [5.74, 6) is 0.565. The second kappa shape index (κ2) is 12.4. The van der Waals surface area contributed by atoms with Crippen LogP contribution in [0.15, 0.2) is 29.2 Å². The van der Waals surface area contributed by atoms with Gasteiger partial charge in [-0.2, -0.15) is 0 Å². The van der Waals surface area contributed by atoms with Crippen molar-refractivity contribution in [2.45, 2.75) is 38.0 Å². The van der Waals surface area contributed by atoms with Crippen LogP contribution in [-0.4, -0.2) is 43.9 Å². The van der Waals surface area contributed by atoms with Crippen molar-refractivity contribution in [3.8, 4) is 0 Å². The van der Waals surface area contributed by atoms with Crippen molar-refractivity contribution in [3.63, 3.8) is 0 Å². The molecule has 0 aliphatic carbocycles. The lowest BCUT2D eigenvalue weighted by Crippen LogP contribution is -2.11. The first-order valence-electron chi connectivity index (χ1n) is 9.01. The summed E-state index contributed by atoms with van der Waals surface area (Å²) in [5, 5.41) is 7.78. The van der Waals surface area contributed by atoms with Gasteiger partial charge in [-0.1, -0.05) is 12.1 Å². The highest BCUT2D eigenvalue weighted by atomic mass is 32.2. The van der Waals surface area contributed by atoms with Gasteiger partial charge in [-0.05, 0) is 45.4 Å². The lowest BCUT2D eigenvalue weighted by Gasteiger charge is -2.31. The number of hydrogen-bond donors (Lipinski definition) is 1. The van der Waals surface area contributed by atoms with Crippen molar-refractivity contribution >= 4 is 27.0 Å². The minimum atomic E-state index is -3.83. The largest absolute Gasteiger partial charge is 0.396 e. The van der Waals surface area contributed by atoms with Crippen LogP contribution in [0.3, 0.4) is 0 Å². The third kappa shape index (κ3) is 6.98. The number of benzene rings is 1. The van der Waals surface area contributed by atoms with Gasteiger partial charge < -0.3 is 23.2 Å².